The highest BCUT2D eigenvalue weighted by atomic mass is 16.4. The van der Waals surface area contributed by atoms with Gasteiger partial charge in [0.2, 0.25) is 16.9 Å². The number of rotatable bonds is 1. The van der Waals surface area contributed by atoms with Crippen molar-refractivity contribution in [3.8, 4) is 34.3 Å². The van der Waals surface area contributed by atoms with Crippen molar-refractivity contribution in [3.63, 3.8) is 0 Å². The van der Waals surface area contributed by atoms with E-state index in [2.05, 4.69) is 0 Å². The molecule has 0 atom stereocenters. The second-order valence-corrected chi connectivity index (χ2v) is 4.94. The minimum atomic E-state index is -0.760. The molecule has 112 valence electrons. The molecule has 0 aliphatic heterocycles. The van der Waals surface area contributed by atoms with Gasteiger partial charge in [-0.25, -0.2) is 0 Å². The van der Waals surface area contributed by atoms with Gasteiger partial charge in [0.15, 0.2) is 17.3 Å². The topological polar surface area (TPSA) is 111 Å². The lowest BCUT2D eigenvalue weighted by Crippen LogP contribution is -2.02. The first-order chi connectivity index (χ1) is 10.4. The molecule has 0 bridgehead atoms. The normalized spacial score (nSPS) is 11.0. The van der Waals surface area contributed by atoms with E-state index in [9.17, 15) is 25.2 Å². The van der Waals surface area contributed by atoms with Crippen molar-refractivity contribution in [3.05, 3.63) is 46.1 Å². The van der Waals surface area contributed by atoms with Crippen LogP contribution in [0.5, 0.6) is 23.0 Å². The van der Waals surface area contributed by atoms with Gasteiger partial charge in [-0.15, -0.1) is 0 Å². The Labute approximate surface area is 124 Å². The number of fused-ring (bicyclic) bond motifs is 1. The summed E-state index contributed by atoms with van der Waals surface area (Å²) in [5.41, 5.74) is 0.339. The predicted octanol–water partition coefficient (Wildman–Crippen LogP) is 2.59. The zero-order chi connectivity index (χ0) is 16.0. The van der Waals surface area contributed by atoms with Gasteiger partial charge in [-0.05, 0) is 36.8 Å². The second kappa shape index (κ2) is 4.70. The molecule has 0 saturated heterocycles. The molecular formula is C16H12O6. The summed E-state index contributed by atoms with van der Waals surface area (Å²) in [7, 11) is 0. The van der Waals surface area contributed by atoms with Crippen LogP contribution in [-0.2, 0) is 0 Å². The van der Waals surface area contributed by atoms with E-state index < -0.39 is 28.4 Å². The highest BCUT2D eigenvalue weighted by molar-refractivity contribution is 5.84. The fourth-order valence-corrected chi connectivity index (χ4v) is 2.23. The molecule has 0 amide bonds. The van der Waals surface area contributed by atoms with Gasteiger partial charge in [-0.3, -0.25) is 4.79 Å². The van der Waals surface area contributed by atoms with Gasteiger partial charge in [0.05, 0.1) is 10.9 Å². The second-order valence-electron chi connectivity index (χ2n) is 4.94. The summed E-state index contributed by atoms with van der Waals surface area (Å²) >= 11 is 0. The molecule has 0 unspecified atom stereocenters. The van der Waals surface area contributed by atoms with Crippen LogP contribution >= 0.6 is 0 Å². The molecule has 4 N–H and O–H groups in total. The van der Waals surface area contributed by atoms with Crippen molar-refractivity contribution in [1.29, 1.82) is 0 Å². The first-order valence-corrected chi connectivity index (χ1v) is 6.41. The fraction of sp³-hybridized carbons (Fsp3) is 0.0625. The Morgan fingerprint density at radius 3 is 2.36 bits per heavy atom. The Hall–Kier alpha value is -3.15. The Morgan fingerprint density at radius 1 is 0.909 bits per heavy atom. The first kappa shape index (κ1) is 13.8. The predicted molar refractivity (Wildman–Crippen MR) is 79.3 cm³/mol. The number of phenols is 3. The average molecular weight is 300 g/mol. The van der Waals surface area contributed by atoms with Crippen LogP contribution in [0.2, 0.25) is 0 Å². The van der Waals surface area contributed by atoms with Crippen LogP contribution in [0.25, 0.3) is 22.3 Å². The largest absolute Gasteiger partial charge is 0.504 e. The molecule has 0 aliphatic rings. The Morgan fingerprint density at radius 2 is 1.64 bits per heavy atom. The lowest BCUT2D eigenvalue weighted by Gasteiger charge is -2.09. The molecular weight excluding hydrogens is 288 g/mol. The summed E-state index contributed by atoms with van der Waals surface area (Å²) in [4.78, 5) is 12.2. The van der Waals surface area contributed by atoms with Gasteiger partial charge in [0, 0.05) is 0 Å². The van der Waals surface area contributed by atoms with Gasteiger partial charge >= 0.3 is 0 Å². The quantitative estimate of drug-likeness (QED) is 0.514. The number of aryl methyl sites for hydroxylation is 1. The van der Waals surface area contributed by atoms with Crippen LogP contribution in [0, 0.1) is 6.92 Å². The molecule has 0 saturated carbocycles. The molecule has 22 heavy (non-hydrogen) atoms. The van der Waals surface area contributed by atoms with Crippen molar-refractivity contribution < 1.29 is 24.8 Å². The Kier molecular flexibility index (Phi) is 2.95. The summed E-state index contributed by atoms with van der Waals surface area (Å²) in [6.45, 7) is 1.82. The zero-order valence-electron chi connectivity index (χ0n) is 11.5. The van der Waals surface area contributed by atoms with E-state index in [0.717, 1.165) is 11.6 Å². The fourth-order valence-electron chi connectivity index (χ4n) is 2.23. The smallest absolute Gasteiger partial charge is 0.235 e. The highest BCUT2D eigenvalue weighted by Crippen LogP contribution is 2.44. The first-order valence-electron chi connectivity index (χ1n) is 6.41. The summed E-state index contributed by atoms with van der Waals surface area (Å²) in [5, 5.41) is 39.0. The third kappa shape index (κ3) is 1.93. The van der Waals surface area contributed by atoms with Crippen LogP contribution in [0.1, 0.15) is 5.56 Å². The van der Waals surface area contributed by atoms with Gasteiger partial charge < -0.3 is 24.8 Å². The SMILES string of the molecule is Cc1ccc2c(=O)c(O)c(-c3ccc(O)c(O)c3O)oc2c1. The van der Waals surface area contributed by atoms with E-state index >= 15 is 0 Å². The van der Waals surface area contributed by atoms with Gasteiger partial charge in [0.1, 0.15) is 5.58 Å². The number of phenolic OH excluding ortho intramolecular Hbond substituents is 3. The van der Waals surface area contributed by atoms with E-state index in [1.807, 2.05) is 6.92 Å². The summed E-state index contributed by atoms with van der Waals surface area (Å²) in [6.07, 6.45) is 0. The third-order valence-corrected chi connectivity index (χ3v) is 3.40. The van der Waals surface area contributed by atoms with Crippen molar-refractivity contribution >= 4 is 11.0 Å². The van der Waals surface area contributed by atoms with Crippen molar-refractivity contribution in [1.82, 2.24) is 0 Å². The van der Waals surface area contributed by atoms with Crippen molar-refractivity contribution in [2.45, 2.75) is 6.92 Å². The van der Waals surface area contributed by atoms with Crippen molar-refractivity contribution in [2.75, 3.05) is 0 Å². The summed E-state index contributed by atoms with van der Waals surface area (Å²) in [6, 6.07) is 7.21. The van der Waals surface area contributed by atoms with E-state index in [1.165, 1.54) is 12.1 Å². The molecule has 6 heteroatoms. The molecule has 0 aliphatic carbocycles. The highest BCUT2D eigenvalue weighted by Gasteiger charge is 2.21. The molecule has 0 fully saturated rings. The molecule has 3 rings (SSSR count). The lowest BCUT2D eigenvalue weighted by molar-refractivity contribution is 0.367. The molecule has 6 nitrogen and oxygen atoms in total. The van der Waals surface area contributed by atoms with Crippen molar-refractivity contribution in [2.24, 2.45) is 0 Å². The molecule has 1 aromatic heterocycles. The molecule has 0 spiro atoms. The zero-order valence-corrected chi connectivity index (χ0v) is 11.5. The molecule has 3 aromatic rings. The summed E-state index contributed by atoms with van der Waals surface area (Å²) < 4.78 is 5.51. The van der Waals surface area contributed by atoms with Crippen LogP contribution in [0.4, 0.5) is 0 Å². The number of aromatic hydroxyl groups is 4. The Balaban J connectivity index is 2.39. The van der Waals surface area contributed by atoms with Gasteiger partial charge in [0.25, 0.3) is 0 Å². The van der Waals surface area contributed by atoms with Crippen LogP contribution in [0.15, 0.2) is 39.5 Å². The monoisotopic (exact) mass is 300 g/mol. The van der Waals surface area contributed by atoms with Crippen LogP contribution < -0.4 is 5.43 Å². The Bertz CT molecular complexity index is 955. The van der Waals surface area contributed by atoms with Crippen LogP contribution in [0.3, 0.4) is 0 Å². The standard InChI is InChI=1S/C16H12O6/c1-7-2-3-8-11(6-7)22-16(15(21)12(8)18)9-4-5-10(17)14(20)13(9)19/h2-6,17,19-21H,1H3. The number of hydrogen-bond donors (Lipinski definition) is 4. The lowest BCUT2D eigenvalue weighted by atomic mass is 10.1. The summed E-state index contributed by atoms with van der Waals surface area (Å²) in [5.74, 6) is -2.94. The maximum Gasteiger partial charge on any atom is 0.235 e. The molecule has 1 heterocycles. The minimum absolute atomic E-state index is 0.103. The molecule has 2 aromatic carbocycles. The maximum atomic E-state index is 12.2. The van der Waals surface area contributed by atoms with E-state index in [1.54, 1.807) is 12.1 Å². The molecule has 0 radical (unpaired) electrons. The van der Waals surface area contributed by atoms with Gasteiger partial charge in [-0.2, -0.15) is 0 Å². The third-order valence-electron chi connectivity index (χ3n) is 3.40. The maximum absolute atomic E-state index is 12.2. The van der Waals surface area contributed by atoms with E-state index in [-0.39, 0.29) is 22.3 Å². The number of hydrogen-bond acceptors (Lipinski definition) is 6. The number of benzene rings is 2. The van der Waals surface area contributed by atoms with E-state index in [0.29, 0.717) is 0 Å². The minimum Gasteiger partial charge on any atom is -0.504 e. The van der Waals surface area contributed by atoms with Gasteiger partial charge in [-0.1, -0.05) is 6.07 Å². The van der Waals surface area contributed by atoms with Crippen LogP contribution in [-0.4, -0.2) is 20.4 Å². The van der Waals surface area contributed by atoms with E-state index in [4.69, 9.17) is 4.42 Å². The average Bonchev–Trinajstić information content (AvgIpc) is 2.49.